The van der Waals surface area contributed by atoms with Gasteiger partial charge >= 0.3 is 5.97 Å². The van der Waals surface area contributed by atoms with Crippen LogP contribution in [0.15, 0.2) is 48.5 Å². The van der Waals surface area contributed by atoms with Gasteiger partial charge in [0.05, 0.1) is 0 Å². The summed E-state index contributed by atoms with van der Waals surface area (Å²) in [4.78, 5) is 11.8. The third kappa shape index (κ3) is 3.73. The van der Waals surface area contributed by atoms with E-state index >= 15 is 0 Å². The highest BCUT2D eigenvalue weighted by molar-refractivity contribution is 6.31. The molecule has 1 N–H and O–H groups in total. The van der Waals surface area contributed by atoms with E-state index in [1.165, 1.54) is 6.07 Å². The monoisotopic (exact) mass is 310 g/mol. The van der Waals surface area contributed by atoms with Gasteiger partial charge in [0, 0.05) is 15.6 Å². The van der Waals surface area contributed by atoms with E-state index in [1.807, 2.05) is 0 Å². The molecule has 0 heterocycles. The van der Waals surface area contributed by atoms with Gasteiger partial charge in [0.1, 0.15) is 6.61 Å². The smallest absolute Gasteiger partial charge is 0.339 e. The fraction of sp³-hybridized carbons (Fsp3) is 0.133. The number of carbonyl (C=O) groups excluding carboxylic acids is 1. The molecule has 5 heteroatoms. The summed E-state index contributed by atoms with van der Waals surface area (Å²) in [6.07, 6.45) is -1.36. The number of carbonyl (C=O) groups is 1. The average molecular weight is 311 g/mol. The molecule has 2 rings (SSSR count). The van der Waals surface area contributed by atoms with Gasteiger partial charge in [0.15, 0.2) is 6.10 Å². The highest BCUT2D eigenvalue weighted by Crippen LogP contribution is 2.20. The molecule has 0 spiro atoms. The van der Waals surface area contributed by atoms with Crippen molar-refractivity contribution in [1.29, 1.82) is 0 Å². The lowest BCUT2D eigenvalue weighted by atomic mass is 10.1. The standard InChI is InChI=1S/C15H12Cl2O3/c16-12-6-3-5-10(8-12)14(18)15(19)20-9-11-4-1-2-7-13(11)17/h1-8,14,18H,9H2. The molecule has 1 atom stereocenters. The quantitative estimate of drug-likeness (QED) is 0.874. The summed E-state index contributed by atoms with van der Waals surface area (Å²) >= 11 is 11.8. The van der Waals surface area contributed by atoms with Crippen LogP contribution in [0.25, 0.3) is 0 Å². The number of rotatable bonds is 4. The number of aliphatic hydroxyl groups excluding tert-OH is 1. The Morgan fingerprint density at radius 3 is 2.60 bits per heavy atom. The minimum Gasteiger partial charge on any atom is -0.459 e. The summed E-state index contributed by atoms with van der Waals surface area (Å²) in [6, 6.07) is 13.5. The van der Waals surface area contributed by atoms with Crippen LogP contribution in [0.1, 0.15) is 17.2 Å². The van der Waals surface area contributed by atoms with Crippen molar-refractivity contribution in [2.45, 2.75) is 12.7 Å². The van der Waals surface area contributed by atoms with Crippen LogP contribution in [0.2, 0.25) is 10.0 Å². The van der Waals surface area contributed by atoms with Crippen LogP contribution >= 0.6 is 23.2 Å². The van der Waals surface area contributed by atoms with Gasteiger partial charge in [-0.05, 0) is 23.8 Å². The number of hydrogen-bond donors (Lipinski definition) is 1. The molecule has 0 bridgehead atoms. The lowest BCUT2D eigenvalue weighted by Crippen LogP contribution is -2.15. The summed E-state index contributed by atoms with van der Waals surface area (Å²) in [5.41, 5.74) is 1.07. The van der Waals surface area contributed by atoms with Crippen LogP contribution in [0.5, 0.6) is 0 Å². The lowest BCUT2D eigenvalue weighted by molar-refractivity contribution is -0.155. The molecule has 0 saturated heterocycles. The second-order valence-electron chi connectivity index (χ2n) is 4.16. The average Bonchev–Trinajstić information content (AvgIpc) is 2.45. The highest BCUT2D eigenvalue weighted by Gasteiger charge is 2.19. The first-order chi connectivity index (χ1) is 9.58. The van der Waals surface area contributed by atoms with Gasteiger partial charge in [-0.15, -0.1) is 0 Å². The Balaban J connectivity index is 2.00. The van der Waals surface area contributed by atoms with Crippen LogP contribution in [-0.2, 0) is 16.1 Å². The molecule has 20 heavy (non-hydrogen) atoms. The predicted octanol–water partition coefficient (Wildman–Crippen LogP) is 3.77. The van der Waals surface area contributed by atoms with Gasteiger partial charge in [0.2, 0.25) is 0 Å². The molecule has 0 amide bonds. The maximum absolute atomic E-state index is 11.8. The summed E-state index contributed by atoms with van der Waals surface area (Å²) in [7, 11) is 0. The van der Waals surface area contributed by atoms with Crippen molar-refractivity contribution in [2.75, 3.05) is 0 Å². The normalized spacial score (nSPS) is 11.9. The molecule has 3 nitrogen and oxygen atoms in total. The van der Waals surface area contributed by atoms with Crippen LogP contribution in [-0.4, -0.2) is 11.1 Å². The van der Waals surface area contributed by atoms with Crippen molar-refractivity contribution in [1.82, 2.24) is 0 Å². The number of ether oxygens (including phenoxy) is 1. The van der Waals surface area contributed by atoms with E-state index in [4.69, 9.17) is 27.9 Å². The Morgan fingerprint density at radius 1 is 1.15 bits per heavy atom. The molecule has 1 unspecified atom stereocenters. The van der Waals surface area contributed by atoms with Crippen molar-refractivity contribution in [3.8, 4) is 0 Å². The largest absolute Gasteiger partial charge is 0.459 e. The van der Waals surface area contributed by atoms with E-state index in [1.54, 1.807) is 42.5 Å². The van der Waals surface area contributed by atoms with Crippen LogP contribution in [0.4, 0.5) is 0 Å². The fourth-order valence-electron chi connectivity index (χ4n) is 1.66. The molecule has 2 aromatic rings. The summed E-state index contributed by atoms with van der Waals surface area (Å²) < 4.78 is 5.05. The minimum atomic E-state index is -1.36. The highest BCUT2D eigenvalue weighted by atomic mass is 35.5. The fourth-order valence-corrected chi connectivity index (χ4v) is 2.05. The van der Waals surface area contributed by atoms with Crippen LogP contribution in [0, 0.1) is 0 Å². The zero-order valence-electron chi connectivity index (χ0n) is 10.4. The minimum absolute atomic E-state index is 0.0101. The van der Waals surface area contributed by atoms with E-state index in [-0.39, 0.29) is 6.61 Å². The number of benzene rings is 2. The van der Waals surface area contributed by atoms with E-state index in [0.29, 0.717) is 21.2 Å². The SMILES string of the molecule is O=C(OCc1ccccc1Cl)C(O)c1cccc(Cl)c1. The van der Waals surface area contributed by atoms with E-state index < -0.39 is 12.1 Å². The van der Waals surface area contributed by atoms with Crippen molar-refractivity contribution >= 4 is 29.2 Å². The van der Waals surface area contributed by atoms with Gasteiger partial charge in [-0.2, -0.15) is 0 Å². The number of aliphatic hydroxyl groups is 1. The third-order valence-electron chi connectivity index (χ3n) is 2.72. The van der Waals surface area contributed by atoms with E-state index in [0.717, 1.165) is 0 Å². The predicted molar refractivity (Wildman–Crippen MR) is 77.7 cm³/mol. The van der Waals surface area contributed by atoms with Crippen molar-refractivity contribution in [2.24, 2.45) is 0 Å². The summed E-state index contributed by atoms with van der Waals surface area (Å²) in [6.45, 7) is 0.0101. The van der Waals surface area contributed by atoms with E-state index in [2.05, 4.69) is 0 Å². The zero-order chi connectivity index (χ0) is 14.5. The molecule has 0 aliphatic heterocycles. The Labute approximate surface area is 126 Å². The summed E-state index contributed by atoms with van der Waals surface area (Å²) in [5, 5.41) is 10.9. The first kappa shape index (κ1) is 14.9. The van der Waals surface area contributed by atoms with Crippen molar-refractivity contribution in [3.05, 3.63) is 69.7 Å². The van der Waals surface area contributed by atoms with Crippen LogP contribution in [0.3, 0.4) is 0 Å². The summed E-state index contributed by atoms with van der Waals surface area (Å²) in [5.74, 6) is -0.743. The number of hydrogen-bond acceptors (Lipinski definition) is 3. The molecule has 104 valence electrons. The first-order valence-electron chi connectivity index (χ1n) is 5.91. The molecular formula is C15H12Cl2O3. The second-order valence-corrected chi connectivity index (χ2v) is 5.00. The topological polar surface area (TPSA) is 46.5 Å². The molecule has 0 radical (unpaired) electrons. The molecular weight excluding hydrogens is 299 g/mol. The molecule has 0 aromatic heterocycles. The third-order valence-corrected chi connectivity index (χ3v) is 3.32. The van der Waals surface area contributed by atoms with Crippen molar-refractivity contribution < 1.29 is 14.6 Å². The molecule has 0 saturated carbocycles. The van der Waals surface area contributed by atoms with E-state index in [9.17, 15) is 9.90 Å². The second kappa shape index (κ2) is 6.75. The molecule has 2 aromatic carbocycles. The lowest BCUT2D eigenvalue weighted by Gasteiger charge is -2.11. The zero-order valence-corrected chi connectivity index (χ0v) is 11.9. The van der Waals surface area contributed by atoms with Gasteiger partial charge in [-0.1, -0.05) is 53.5 Å². The molecule has 0 aliphatic rings. The number of halogens is 2. The number of esters is 1. The molecule has 0 aliphatic carbocycles. The Morgan fingerprint density at radius 2 is 1.90 bits per heavy atom. The Hall–Kier alpha value is -1.55. The maximum Gasteiger partial charge on any atom is 0.339 e. The van der Waals surface area contributed by atoms with Crippen molar-refractivity contribution in [3.63, 3.8) is 0 Å². The van der Waals surface area contributed by atoms with Gasteiger partial charge in [-0.25, -0.2) is 4.79 Å². The van der Waals surface area contributed by atoms with Gasteiger partial charge < -0.3 is 9.84 Å². The maximum atomic E-state index is 11.8. The van der Waals surface area contributed by atoms with Crippen LogP contribution < -0.4 is 0 Å². The molecule has 0 fully saturated rings. The first-order valence-corrected chi connectivity index (χ1v) is 6.67. The Kier molecular flexibility index (Phi) is 5.01. The van der Waals surface area contributed by atoms with Gasteiger partial charge in [-0.3, -0.25) is 0 Å². The van der Waals surface area contributed by atoms with Gasteiger partial charge in [0.25, 0.3) is 0 Å². The Bertz CT molecular complexity index is 614.